The Hall–Kier alpha value is -1.88. The van der Waals surface area contributed by atoms with Crippen LogP contribution in [0.4, 0.5) is 0 Å². The van der Waals surface area contributed by atoms with E-state index in [2.05, 4.69) is 10.3 Å². The molecule has 3 heterocycles. The number of aromatic nitrogens is 1. The van der Waals surface area contributed by atoms with E-state index in [1.807, 2.05) is 6.07 Å². The van der Waals surface area contributed by atoms with Crippen LogP contribution < -0.4 is 11.1 Å². The molecule has 5 rings (SSSR count). The maximum Gasteiger partial charge on any atom is 0.252 e. The van der Waals surface area contributed by atoms with Crippen LogP contribution in [0.15, 0.2) is 22.6 Å². The van der Waals surface area contributed by atoms with Gasteiger partial charge in [-0.3, -0.25) is 4.79 Å². The van der Waals surface area contributed by atoms with Crippen molar-refractivity contribution in [2.75, 3.05) is 6.54 Å². The summed E-state index contributed by atoms with van der Waals surface area (Å²) in [5.74, 6) is 0.285. The molecule has 2 aromatic rings. The largest absolute Gasteiger partial charge is 0.439 e. The van der Waals surface area contributed by atoms with Gasteiger partial charge in [-0.05, 0) is 37.8 Å². The van der Waals surface area contributed by atoms with Gasteiger partial charge in [-0.2, -0.15) is 0 Å². The Bertz CT molecular complexity index is 670. The van der Waals surface area contributed by atoms with Crippen LogP contribution in [0.25, 0.3) is 11.1 Å². The standard InChI is InChI=1S/C15H17N3O2/c16-13(19)10-2-1-3-11-12(10)20-14(18-11)15-6-4-9(5-7-15)17-8-15/h1-3,9,17H,4-8H2,(H2,16,19). The van der Waals surface area contributed by atoms with Gasteiger partial charge >= 0.3 is 0 Å². The molecular weight excluding hydrogens is 254 g/mol. The maximum absolute atomic E-state index is 11.5. The number of nitrogens with one attached hydrogen (secondary N) is 1. The number of para-hydroxylation sites is 1. The van der Waals surface area contributed by atoms with Crippen molar-refractivity contribution in [1.29, 1.82) is 0 Å². The molecule has 1 aromatic carbocycles. The lowest BCUT2D eigenvalue weighted by Crippen LogP contribution is -2.53. The van der Waals surface area contributed by atoms with Crippen molar-refractivity contribution in [2.45, 2.75) is 37.1 Å². The van der Waals surface area contributed by atoms with Gasteiger partial charge < -0.3 is 15.5 Å². The average Bonchev–Trinajstić information content (AvgIpc) is 2.93. The predicted octanol–water partition coefficient (Wildman–Crippen LogP) is 1.71. The number of oxazole rings is 1. The lowest BCUT2D eigenvalue weighted by Gasteiger charge is -2.45. The number of fused-ring (bicyclic) bond motifs is 4. The molecule has 1 saturated carbocycles. The monoisotopic (exact) mass is 271 g/mol. The van der Waals surface area contributed by atoms with Gasteiger partial charge in [-0.25, -0.2) is 4.98 Å². The number of piperidine rings is 2. The van der Waals surface area contributed by atoms with Crippen molar-refractivity contribution in [3.05, 3.63) is 29.7 Å². The molecule has 5 nitrogen and oxygen atoms in total. The zero-order chi connectivity index (χ0) is 13.7. The first kappa shape index (κ1) is 11.9. The number of hydrogen-bond donors (Lipinski definition) is 2. The first-order chi connectivity index (χ1) is 9.68. The molecule has 2 bridgehead atoms. The number of carbonyl (C=O) groups is 1. The molecule has 20 heavy (non-hydrogen) atoms. The molecule has 3 aliphatic rings. The second-order valence-corrected chi connectivity index (χ2v) is 5.97. The number of rotatable bonds is 2. The van der Waals surface area contributed by atoms with Gasteiger partial charge in [0.05, 0.1) is 11.0 Å². The molecule has 1 aromatic heterocycles. The average molecular weight is 271 g/mol. The minimum absolute atomic E-state index is 0.0112. The molecule has 2 saturated heterocycles. The minimum atomic E-state index is -0.471. The van der Waals surface area contributed by atoms with Crippen LogP contribution in [-0.4, -0.2) is 23.5 Å². The van der Waals surface area contributed by atoms with E-state index in [0.717, 1.165) is 30.8 Å². The summed E-state index contributed by atoms with van der Waals surface area (Å²) in [6.45, 7) is 0.913. The zero-order valence-corrected chi connectivity index (χ0v) is 11.2. The van der Waals surface area contributed by atoms with E-state index in [1.54, 1.807) is 12.1 Å². The molecule has 1 aliphatic carbocycles. The number of amides is 1. The Morgan fingerprint density at radius 1 is 1.40 bits per heavy atom. The van der Waals surface area contributed by atoms with Crippen molar-refractivity contribution >= 4 is 17.0 Å². The SMILES string of the molecule is NC(=O)c1cccc2nc(C34CCC(CC3)NC4)oc12. The molecule has 5 heteroatoms. The smallest absolute Gasteiger partial charge is 0.252 e. The third kappa shape index (κ3) is 1.59. The topological polar surface area (TPSA) is 81.2 Å². The lowest BCUT2D eigenvalue weighted by atomic mass is 9.68. The molecule has 3 N–H and O–H groups in total. The third-order valence-electron chi connectivity index (χ3n) is 4.81. The summed E-state index contributed by atoms with van der Waals surface area (Å²) in [5, 5.41) is 3.55. The van der Waals surface area contributed by atoms with Crippen molar-refractivity contribution < 1.29 is 9.21 Å². The Morgan fingerprint density at radius 2 is 2.20 bits per heavy atom. The van der Waals surface area contributed by atoms with Crippen LogP contribution in [0.1, 0.15) is 41.9 Å². The third-order valence-corrected chi connectivity index (χ3v) is 4.81. The summed E-state index contributed by atoms with van der Waals surface area (Å²) in [7, 11) is 0. The Morgan fingerprint density at radius 3 is 2.85 bits per heavy atom. The number of hydrogen-bond acceptors (Lipinski definition) is 4. The van der Waals surface area contributed by atoms with Gasteiger partial charge in [-0.1, -0.05) is 6.07 Å². The Kier molecular flexibility index (Phi) is 2.41. The van der Waals surface area contributed by atoms with E-state index in [9.17, 15) is 4.79 Å². The predicted molar refractivity (Wildman–Crippen MR) is 74.5 cm³/mol. The molecule has 0 unspecified atom stereocenters. The van der Waals surface area contributed by atoms with Gasteiger partial charge in [-0.15, -0.1) is 0 Å². The van der Waals surface area contributed by atoms with Crippen LogP contribution in [0, 0.1) is 0 Å². The van der Waals surface area contributed by atoms with E-state index in [0.29, 0.717) is 17.2 Å². The number of primary amides is 1. The second-order valence-electron chi connectivity index (χ2n) is 5.97. The van der Waals surface area contributed by atoms with Crippen LogP contribution in [0.3, 0.4) is 0 Å². The van der Waals surface area contributed by atoms with Gasteiger partial charge in [0.2, 0.25) is 5.89 Å². The highest BCUT2D eigenvalue weighted by atomic mass is 16.4. The quantitative estimate of drug-likeness (QED) is 0.871. The molecular formula is C15H17N3O2. The van der Waals surface area contributed by atoms with E-state index >= 15 is 0 Å². The molecule has 2 aliphatic heterocycles. The van der Waals surface area contributed by atoms with Crippen molar-refractivity contribution in [1.82, 2.24) is 10.3 Å². The number of benzene rings is 1. The van der Waals surface area contributed by atoms with E-state index in [1.165, 1.54) is 12.8 Å². The van der Waals surface area contributed by atoms with Gasteiger partial charge in [0, 0.05) is 12.6 Å². The maximum atomic E-state index is 11.5. The fourth-order valence-electron chi connectivity index (χ4n) is 3.55. The highest BCUT2D eigenvalue weighted by Crippen LogP contribution is 2.43. The summed E-state index contributed by atoms with van der Waals surface area (Å²) in [4.78, 5) is 16.1. The van der Waals surface area contributed by atoms with Crippen LogP contribution in [0.2, 0.25) is 0 Å². The normalized spacial score (nSPS) is 28.9. The van der Waals surface area contributed by atoms with E-state index in [-0.39, 0.29) is 5.41 Å². The highest BCUT2D eigenvalue weighted by Gasteiger charge is 2.45. The van der Waals surface area contributed by atoms with Crippen molar-refractivity contribution in [3.8, 4) is 0 Å². The highest BCUT2D eigenvalue weighted by molar-refractivity contribution is 6.03. The first-order valence-electron chi connectivity index (χ1n) is 7.11. The van der Waals surface area contributed by atoms with Crippen LogP contribution in [-0.2, 0) is 5.41 Å². The fraction of sp³-hybridized carbons (Fsp3) is 0.467. The molecule has 0 atom stereocenters. The molecule has 3 fully saturated rings. The summed E-state index contributed by atoms with van der Waals surface area (Å²) >= 11 is 0. The summed E-state index contributed by atoms with van der Waals surface area (Å²) < 4.78 is 5.97. The van der Waals surface area contributed by atoms with Gasteiger partial charge in [0.1, 0.15) is 5.52 Å². The summed E-state index contributed by atoms with van der Waals surface area (Å²) in [6.07, 6.45) is 4.54. The van der Waals surface area contributed by atoms with E-state index in [4.69, 9.17) is 10.2 Å². The van der Waals surface area contributed by atoms with Gasteiger partial charge in [0.25, 0.3) is 5.91 Å². The van der Waals surface area contributed by atoms with Gasteiger partial charge in [0.15, 0.2) is 5.58 Å². The number of nitrogens with zero attached hydrogens (tertiary/aromatic N) is 1. The molecule has 0 radical (unpaired) electrons. The summed E-state index contributed by atoms with van der Waals surface area (Å²) in [5.41, 5.74) is 7.05. The fourth-order valence-corrected chi connectivity index (χ4v) is 3.55. The Balaban J connectivity index is 1.85. The molecule has 0 spiro atoms. The second kappa shape index (κ2) is 4.06. The van der Waals surface area contributed by atoms with E-state index < -0.39 is 5.91 Å². The number of carbonyl (C=O) groups excluding carboxylic acids is 1. The number of nitrogens with two attached hydrogens (primary N) is 1. The first-order valence-corrected chi connectivity index (χ1v) is 7.11. The molecule has 1 amide bonds. The minimum Gasteiger partial charge on any atom is -0.439 e. The zero-order valence-electron chi connectivity index (χ0n) is 11.2. The summed E-state index contributed by atoms with van der Waals surface area (Å²) in [6, 6.07) is 6.01. The van der Waals surface area contributed by atoms with Crippen LogP contribution in [0.5, 0.6) is 0 Å². The van der Waals surface area contributed by atoms with Crippen molar-refractivity contribution in [2.24, 2.45) is 5.73 Å². The Labute approximate surface area is 116 Å². The molecule has 104 valence electrons. The lowest BCUT2D eigenvalue weighted by molar-refractivity contribution is 0.100. The van der Waals surface area contributed by atoms with Crippen molar-refractivity contribution in [3.63, 3.8) is 0 Å². The van der Waals surface area contributed by atoms with Crippen LogP contribution >= 0.6 is 0 Å².